The van der Waals surface area contributed by atoms with Gasteiger partial charge in [0.15, 0.2) is 0 Å². The molecular formula is C21H21NO3S. The molecule has 3 rings (SSSR count). The molecule has 0 aliphatic rings. The lowest BCUT2D eigenvalue weighted by molar-refractivity contribution is -0.137. The molecule has 0 saturated heterocycles. The van der Waals surface area contributed by atoms with E-state index in [1.54, 1.807) is 11.3 Å². The van der Waals surface area contributed by atoms with Gasteiger partial charge in [-0.2, -0.15) is 0 Å². The zero-order valence-electron chi connectivity index (χ0n) is 14.8. The van der Waals surface area contributed by atoms with Gasteiger partial charge in [0, 0.05) is 5.56 Å². The minimum absolute atomic E-state index is 0.0151. The third-order valence-electron chi connectivity index (χ3n) is 4.21. The van der Waals surface area contributed by atoms with Crippen molar-refractivity contribution in [3.05, 3.63) is 70.7 Å². The lowest BCUT2D eigenvalue weighted by Crippen LogP contribution is -2.02. The van der Waals surface area contributed by atoms with E-state index in [0.29, 0.717) is 6.61 Å². The Bertz CT molecular complexity index is 872. The van der Waals surface area contributed by atoms with Crippen LogP contribution < -0.4 is 4.74 Å². The molecular weight excluding hydrogens is 346 g/mol. The number of carboxylic acid groups (broad SMARTS) is 1. The summed E-state index contributed by atoms with van der Waals surface area (Å²) in [5.41, 5.74) is 3.10. The second kappa shape index (κ2) is 8.15. The molecule has 0 spiro atoms. The summed E-state index contributed by atoms with van der Waals surface area (Å²) in [6.07, 6.45) is 0.128. The Labute approximate surface area is 157 Å². The van der Waals surface area contributed by atoms with Gasteiger partial charge in [0.2, 0.25) is 0 Å². The SMILES string of the molecule is Cc1nc(-c2ccccc2)sc1COc1ccc(C(C)CC(=O)O)cc1. The van der Waals surface area contributed by atoms with Crippen molar-refractivity contribution < 1.29 is 14.6 Å². The molecule has 0 aliphatic carbocycles. The summed E-state index contributed by atoms with van der Waals surface area (Å²) >= 11 is 1.65. The number of aromatic nitrogens is 1. The van der Waals surface area contributed by atoms with Gasteiger partial charge in [0.25, 0.3) is 0 Å². The molecule has 0 aliphatic heterocycles. The number of nitrogens with zero attached hydrogens (tertiary/aromatic N) is 1. The van der Waals surface area contributed by atoms with E-state index in [2.05, 4.69) is 17.1 Å². The lowest BCUT2D eigenvalue weighted by atomic mass is 9.98. The van der Waals surface area contributed by atoms with Crippen LogP contribution >= 0.6 is 11.3 Å². The number of ether oxygens (including phenoxy) is 1. The standard InChI is InChI=1S/C21H21NO3S/c1-14(12-20(23)24)16-8-10-18(11-9-16)25-13-19-15(2)22-21(26-19)17-6-4-3-5-7-17/h3-11,14H,12-13H2,1-2H3,(H,23,24). The number of carboxylic acids is 1. The molecule has 1 heterocycles. The minimum Gasteiger partial charge on any atom is -0.488 e. The lowest BCUT2D eigenvalue weighted by Gasteiger charge is -2.10. The number of aryl methyl sites for hydroxylation is 1. The first-order valence-electron chi connectivity index (χ1n) is 8.49. The van der Waals surface area contributed by atoms with Crippen LogP contribution in [0, 0.1) is 6.92 Å². The Morgan fingerprint density at radius 1 is 1.15 bits per heavy atom. The zero-order chi connectivity index (χ0) is 18.5. The molecule has 4 nitrogen and oxygen atoms in total. The number of aliphatic carboxylic acids is 1. The van der Waals surface area contributed by atoms with Crippen molar-refractivity contribution in [2.45, 2.75) is 32.8 Å². The first kappa shape index (κ1) is 18.1. The van der Waals surface area contributed by atoms with Crippen LogP contribution in [-0.2, 0) is 11.4 Å². The van der Waals surface area contributed by atoms with Crippen LogP contribution in [0.25, 0.3) is 10.6 Å². The third kappa shape index (κ3) is 4.49. The number of benzene rings is 2. The van der Waals surface area contributed by atoms with Crippen LogP contribution in [0.1, 0.15) is 35.4 Å². The van der Waals surface area contributed by atoms with Crippen LogP contribution in [-0.4, -0.2) is 16.1 Å². The fraction of sp³-hybridized carbons (Fsp3) is 0.238. The molecule has 1 unspecified atom stereocenters. The maximum absolute atomic E-state index is 10.8. The van der Waals surface area contributed by atoms with E-state index in [1.165, 1.54) is 0 Å². The molecule has 1 aromatic heterocycles. The minimum atomic E-state index is -0.785. The van der Waals surface area contributed by atoms with Crippen LogP contribution in [0.15, 0.2) is 54.6 Å². The molecule has 0 fully saturated rings. The maximum Gasteiger partial charge on any atom is 0.303 e. The van der Waals surface area contributed by atoms with Gasteiger partial charge in [-0.1, -0.05) is 49.4 Å². The van der Waals surface area contributed by atoms with Gasteiger partial charge >= 0.3 is 5.97 Å². The largest absolute Gasteiger partial charge is 0.488 e. The Balaban J connectivity index is 1.64. The van der Waals surface area contributed by atoms with E-state index in [9.17, 15) is 4.79 Å². The highest BCUT2D eigenvalue weighted by atomic mass is 32.1. The van der Waals surface area contributed by atoms with Crippen molar-refractivity contribution in [3.8, 4) is 16.3 Å². The summed E-state index contributed by atoms with van der Waals surface area (Å²) in [6, 6.07) is 17.8. The van der Waals surface area contributed by atoms with Gasteiger partial charge in [0.05, 0.1) is 17.0 Å². The van der Waals surface area contributed by atoms with Crippen LogP contribution in [0.2, 0.25) is 0 Å². The number of hydrogen-bond donors (Lipinski definition) is 1. The summed E-state index contributed by atoms with van der Waals surface area (Å²) in [4.78, 5) is 16.6. The van der Waals surface area contributed by atoms with E-state index in [4.69, 9.17) is 9.84 Å². The second-order valence-electron chi connectivity index (χ2n) is 6.25. The highest BCUT2D eigenvalue weighted by Gasteiger charge is 2.12. The molecule has 5 heteroatoms. The van der Waals surface area contributed by atoms with E-state index in [1.807, 2.05) is 56.3 Å². The van der Waals surface area contributed by atoms with Gasteiger partial charge < -0.3 is 9.84 Å². The van der Waals surface area contributed by atoms with Gasteiger partial charge in [-0.25, -0.2) is 4.98 Å². The van der Waals surface area contributed by atoms with Crippen molar-refractivity contribution in [1.82, 2.24) is 4.98 Å². The van der Waals surface area contributed by atoms with E-state index >= 15 is 0 Å². The molecule has 0 bridgehead atoms. The molecule has 1 N–H and O–H groups in total. The van der Waals surface area contributed by atoms with Crippen molar-refractivity contribution in [2.24, 2.45) is 0 Å². The normalized spacial score (nSPS) is 11.9. The average Bonchev–Trinajstić information content (AvgIpc) is 3.01. The molecule has 0 radical (unpaired) electrons. The van der Waals surface area contributed by atoms with Gasteiger partial charge in [-0.3, -0.25) is 4.79 Å². The number of hydrogen-bond acceptors (Lipinski definition) is 4. The predicted molar refractivity (Wildman–Crippen MR) is 104 cm³/mol. The molecule has 0 saturated carbocycles. The van der Waals surface area contributed by atoms with Gasteiger partial charge in [-0.05, 0) is 30.5 Å². The Kier molecular flexibility index (Phi) is 5.68. The number of rotatable bonds is 7. The maximum atomic E-state index is 10.8. The van der Waals surface area contributed by atoms with Crippen LogP contribution in [0.5, 0.6) is 5.75 Å². The van der Waals surface area contributed by atoms with Gasteiger partial charge in [-0.15, -0.1) is 11.3 Å². The van der Waals surface area contributed by atoms with Crippen LogP contribution in [0.4, 0.5) is 0 Å². The molecule has 134 valence electrons. The first-order chi connectivity index (χ1) is 12.5. The first-order valence-corrected chi connectivity index (χ1v) is 9.31. The smallest absolute Gasteiger partial charge is 0.303 e. The number of carbonyl (C=O) groups is 1. The fourth-order valence-corrected chi connectivity index (χ4v) is 3.67. The van der Waals surface area contributed by atoms with E-state index in [0.717, 1.165) is 32.5 Å². The fourth-order valence-electron chi connectivity index (χ4n) is 2.69. The van der Waals surface area contributed by atoms with Crippen molar-refractivity contribution >= 4 is 17.3 Å². The molecule has 1 atom stereocenters. The van der Waals surface area contributed by atoms with Crippen molar-refractivity contribution in [1.29, 1.82) is 0 Å². The zero-order valence-corrected chi connectivity index (χ0v) is 15.6. The third-order valence-corrected chi connectivity index (χ3v) is 5.39. The quantitative estimate of drug-likeness (QED) is 0.617. The average molecular weight is 367 g/mol. The molecule has 0 amide bonds. The second-order valence-corrected chi connectivity index (χ2v) is 7.33. The predicted octanol–water partition coefficient (Wildman–Crippen LogP) is 5.28. The summed E-state index contributed by atoms with van der Waals surface area (Å²) < 4.78 is 5.89. The molecule has 2 aromatic carbocycles. The van der Waals surface area contributed by atoms with Crippen molar-refractivity contribution in [2.75, 3.05) is 0 Å². The van der Waals surface area contributed by atoms with E-state index < -0.39 is 5.97 Å². The van der Waals surface area contributed by atoms with Crippen molar-refractivity contribution in [3.63, 3.8) is 0 Å². The topological polar surface area (TPSA) is 59.4 Å². The van der Waals surface area contributed by atoms with Gasteiger partial charge in [0.1, 0.15) is 17.4 Å². The highest BCUT2D eigenvalue weighted by Crippen LogP contribution is 2.29. The summed E-state index contributed by atoms with van der Waals surface area (Å²) in [7, 11) is 0. The number of thiazole rings is 1. The molecule has 3 aromatic rings. The summed E-state index contributed by atoms with van der Waals surface area (Å²) in [6.45, 7) is 4.38. The Hall–Kier alpha value is -2.66. The Morgan fingerprint density at radius 3 is 2.50 bits per heavy atom. The highest BCUT2D eigenvalue weighted by molar-refractivity contribution is 7.15. The summed E-state index contributed by atoms with van der Waals surface area (Å²) in [5.74, 6) is -0.0308. The van der Waals surface area contributed by atoms with E-state index in [-0.39, 0.29) is 12.3 Å². The monoisotopic (exact) mass is 367 g/mol. The molecule has 26 heavy (non-hydrogen) atoms. The van der Waals surface area contributed by atoms with Crippen LogP contribution in [0.3, 0.4) is 0 Å². The summed E-state index contributed by atoms with van der Waals surface area (Å²) in [5, 5.41) is 9.89. The Morgan fingerprint density at radius 2 is 1.85 bits per heavy atom.